The second-order valence-corrected chi connectivity index (χ2v) is 6.41. The van der Waals surface area contributed by atoms with Gasteiger partial charge in [-0.1, -0.05) is 25.1 Å². The minimum atomic E-state index is -0.244. The number of rotatable bonds is 6. The predicted molar refractivity (Wildman–Crippen MR) is 109 cm³/mol. The van der Waals surface area contributed by atoms with E-state index < -0.39 is 0 Å². The van der Waals surface area contributed by atoms with Gasteiger partial charge in [0.2, 0.25) is 0 Å². The molecule has 2 aromatic carbocycles. The van der Waals surface area contributed by atoms with Gasteiger partial charge in [-0.05, 0) is 62.2 Å². The molecule has 0 radical (unpaired) electrons. The van der Waals surface area contributed by atoms with Crippen LogP contribution in [0.2, 0.25) is 0 Å². The molecule has 1 aromatic heterocycles. The smallest absolute Gasteiger partial charge is 0.272 e. The van der Waals surface area contributed by atoms with Crippen LogP contribution in [0.4, 0.5) is 17.1 Å². The van der Waals surface area contributed by atoms with Gasteiger partial charge >= 0.3 is 0 Å². The lowest BCUT2D eigenvalue weighted by molar-refractivity contribution is 0.101. The quantitative estimate of drug-likeness (QED) is 0.536. The number of hydrogen-bond donors (Lipinski definition) is 3. The van der Waals surface area contributed by atoms with Gasteiger partial charge in [-0.25, -0.2) is 0 Å². The van der Waals surface area contributed by atoms with E-state index in [9.17, 15) is 9.59 Å². The molecule has 0 saturated heterocycles. The summed E-state index contributed by atoms with van der Waals surface area (Å²) >= 11 is 0. The number of amides is 1. The number of carbonyl (C=O) groups is 2. The van der Waals surface area contributed by atoms with Crippen LogP contribution in [-0.2, 0) is 6.42 Å². The van der Waals surface area contributed by atoms with Crippen LogP contribution in [0.5, 0.6) is 0 Å². The molecule has 0 fully saturated rings. The molecule has 0 aliphatic carbocycles. The topological polar surface area (TPSA) is 74.0 Å². The van der Waals surface area contributed by atoms with Gasteiger partial charge in [0.15, 0.2) is 5.78 Å². The van der Waals surface area contributed by atoms with Crippen molar-refractivity contribution in [3.05, 3.63) is 77.1 Å². The van der Waals surface area contributed by atoms with E-state index in [1.54, 1.807) is 0 Å². The standard InChI is InChI=1S/C22H23N3O2/c1-4-19-20(15(3)26)14(2)23-21(19)22(27)25-18-12-10-17(11-13-18)24-16-8-6-5-7-9-16/h5-13,23-24H,4H2,1-3H3,(H,25,27). The number of carbonyl (C=O) groups excluding carboxylic acids is 2. The lowest BCUT2D eigenvalue weighted by atomic mass is 10.0. The highest BCUT2D eigenvalue weighted by molar-refractivity contribution is 6.07. The lowest BCUT2D eigenvalue weighted by Gasteiger charge is -2.09. The largest absolute Gasteiger partial charge is 0.356 e. The molecular formula is C22H23N3O2. The summed E-state index contributed by atoms with van der Waals surface area (Å²) in [4.78, 5) is 27.6. The molecule has 5 nitrogen and oxygen atoms in total. The molecular weight excluding hydrogens is 338 g/mol. The average molecular weight is 361 g/mol. The molecule has 5 heteroatoms. The summed E-state index contributed by atoms with van der Waals surface area (Å²) in [5, 5.41) is 6.20. The molecule has 0 aliphatic heterocycles. The van der Waals surface area contributed by atoms with Crippen LogP contribution in [0.15, 0.2) is 54.6 Å². The van der Waals surface area contributed by atoms with Crippen molar-refractivity contribution >= 4 is 28.8 Å². The molecule has 27 heavy (non-hydrogen) atoms. The van der Waals surface area contributed by atoms with E-state index in [1.165, 1.54) is 6.92 Å². The Morgan fingerprint density at radius 3 is 2.11 bits per heavy atom. The van der Waals surface area contributed by atoms with Gasteiger partial charge in [0.25, 0.3) is 5.91 Å². The number of para-hydroxylation sites is 1. The number of hydrogen-bond acceptors (Lipinski definition) is 3. The maximum Gasteiger partial charge on any atom is 0.272 e. The Morgan fingerprint density at radius 2 is 1.52 bits per heavy atom. The molecule has 0 unspecified atom stereocenters. The monoisotopic (exact) mass is 361 g/mol. The summed E-state index contributed by atoms with van der Waals surface area (Å²) in [5.74, 6) is -0.276. The number of Topliss-reactive ketones (excluding diaryl/α,β-unsaturated/α-hetero) is 1. The van der Waals surface area contributed by atoms with Gasteiger partial charge < -0.3 is 15.6 Å². The first-order valence-corrected chi connectivity index (χ1v) is 8.95. The summed E-state index contributed by atoms with van der Waals surface area (Å²) in [7, 11) is 0. The third kappa shape index (κ3) is 4.08. The predicted octanol–water partition coefficient (Wildman–Crippen LogP) is 5.08. The fraction of sp³-hybridized carbons (Fsp3) is 0.182. The molecule has 1 heterocycles. The third-order valence-corrected chi connectivity index (χ3v) is 4.43. The van der Waals surface area contributed by atoms with Crippen molar-refractivity contribution in [2.24, 2.45) is 0 Å². The van der Waals surface area contributed by atoms with Crippen LogP contribution >= 0.6 is 0 Å². The molecule has 3 rings (SSSR count). The molecule has 0 aliphatic rings. The van der Waals surface area contributed by atoms with Crippen LogP contribution < -0.4 is 10.6 Å². The summed E-state index contributed by atoms with van der Waals surface area (Å²) in [6, 6.07) is 17.4. The van der Waals surface area contributed by atoms with E-state index in [0.717, 1.165) is 22.6 Å². The molecule has 3 N–H and O–H groups in total. The molecule has 1 amide bonds. The van der Waals surface area contributed by atoms with Gasteiger partial charge in [0, 0.05) is 28.3 Å². The second-order valence-electron chi connectivity index (χ2n) is 6.41. The van der Waals surface area contributed by atoms with Gasteiger partial charge in [0.1, 0.15) is 5.69 Å². The maximum atomic E-state index is 12.7. The summed E-state index contributed by atoms with van der Waals surface area (Å²) in [5.41, 5.74) is 5.18. The minimum absolute atomic E-state index is 0.0315. The van der Waals surface area contributed by atoms with Gasteiger partial charge in [0.05, 0.1) is 0 Å². The van der Waals surface area contributed by atoms with E-state index in [1.807, 2.05) is 68.4 Å². The van der Waals surface area contributed by atoms with Crippen molar-refractivity contribution in [2.75, 3.05) is 10.6 Å². The highest BCUT2D eigenvalue weighted by Crippen LogP contribution is 2.23. The molecule has 0 bridgehead atoms. The maximum absolute atomic E-state index is 12.7. The first kappa shape index (κ1) is 18.5. The number of nitrogens with one attached hydrogen (secondary N) is 3. The van der Waals surface area contributed by atoms with Crippen LogP contribution in [0.25, 0.3) is 0 Å². The molecule has 3 aromatic rings. The van der Waals surface area contributed by atoms with Crippen LogP contribution in [0.1, 0.15) is 46.0 Å². The zero-order valence-electron chi connectivity index (χ0n) is 15.7. The summed E-state index contributed by atoms with van der Waals surface area (Å²) in [6.45, 7) is 5.28. The van der Waals surface area contributed by atoms with Crippen LogP contribution in [-0.4, -0.2) is 16.7 Å². The number of benzene rings is 2. The van der Waals surface area contributed by atoms with Gasteiger partial charge in [-0.2, -0.15) is 0 Å². The van der Waals surface area contributed by atoms with Crippen LogP contribution in [0, 0.1) is 6.92 Å². The zero-order chi connectivity index (χ0) is 19.4. The second kappa shape index (κ2) is 7.91. The van der Waals surface area contributed by atoms with Crippen molar-refractivity contribution in [1.82, 2.24) is 4.98 Å². The van der Waals surface area contributed by atoms with Crippen molar-refractivity contribution < 1.29 is 9.59 Å². The highest BCUT2D eigenvalue weighted by atomic mass is 16.2. The Bertz CT molecular complexity index is 957. The van der Waals surface area contributed by atoms with Crippen molar-refractivity contribution in [3.8, 4) is 0 Å². The van der Waals surface area contributed by atoms with E-state index in [4.69, 9.17) is 0 Å². The summed E-state index contributed by atoms with van der Waals surface area (Å²) < 4.78 is 0. The Kier molecular flexibility index (Phi) is 5.41. The SMILES string of the molecule is CCc1c(C(=O)Nc2ccc(Nc3ccccc3)cc2)[nH]c(C)c1C(C)=O. The molecule has 138 valence electrons. The van der Waals surface area contributed by atoms with E-state index in [0.29, 0.717) is 23.4 Å². The Labute approximate surface area is 158 Å². The number of aryl methyl sites for hydroxylation is 1. The minimum Gasteiger partial charge on any atom is -0.356 e. The number of aromatic amines is 1. The first-order chi connectivity index (χ1) is 13.0. The van der Waals surface area contributed by atoms with Gasteiger partial charge in [-0.15, -0.1) is 0 Å². The Morgan fingerprint density at radius 1 is 0.926 bits per heavy atom. The van der Waals surface area contributed by atoms with Crippen LogP contribution in [0.3, 0.4) is 0 Å². The summed E-state index contributed by atoms with van der Waals surface area (Å²) in [6.07, 6.45) is 0.613. The van der Waals surface area contributed by atoms with Crippen molar-refractivity contribution in [1.29, 1.82) is 0 Å². The van der Waals surface area contributed by atoms with E-state index >= 15 is 0 Å². The molecule has 0 atom stereocenters. The zero-order valence-corrected chi connectivity index (χ0v) is 15.7. The molecule has 0 saturated carbocycles. The highest BCUT2D eigenvalue weighted by Gasteiger charge is 2.21. The number of aromatic nitrogens is 1. The lowest BCUT2D eigenvalue weighted by Crippen LogP contribution is -2.14. The van der Waals surface area contributed by atoms with Crippen molar-refractivity contribution in [3.63, 3.8) is 0 Å². The first-order valence-electron chi connectivity index (χ1n) is 8.95. The number of ketones is 1. The fourth-order valence-corrected chi connectivity index (χ4v) is 3.22. The Balaban J connectivity index is 1.75. The Hall–Kier alpha value is -3.34. The van der Waals surface area contributed by atoms with E-state index in [2.05, 4.69) is 15.6 Å². The normalized spacial score (nSPS) is 10.5. The fourth-order valence-electron chi connectivity index (χ4n) is 3.22. The van der Waals surface area contributed by atoms with Gasteiger partial charge in [-0.3, -0.25) is 9.59 Å². The van der Waals surface area contributed by atoms with E-state index in [-0.39, 0.29) is 11.7 Å². The number of H-pyrrole nitrogens is 1. The number of anilines is 3. The third-order valence-electron chi connectivity index (χ3n) is 4.43. The average Bonchev–Trinajstić information content (AvgIpc) is 3.01. The molecule has 0 spiro atoms. The van der Waals surface area contributed by atoms with Crippen molar-refractivity contribution in [2.45, 2.75) is 27.2 Å².